The number of aliphatic hydroxyl groups is 1. The van der Waals surface area contributed by atoms with Crippen molar-refractivity contribution in [3.8, 4) is 6.01 Å². The molecule has 16 heavy (non-hydrogen) atoms. The highest BCUT2D eigenvalue weighted by molar-refractivity contribution is 5.00. The van der Waals surface area contributed by atoms with E-state index in [0.29, 0.717) is 19.2 Å². The minimum atomic E-state index is -0.560. The first kappa shape index (κ1) is 9.95. The number of ether oxygens (including phenoxy) is 3. The second-order valence-corrected chi connectivity index (χ2v) is 3.85. The van der Waals surface area contributed by atoms with Gasteiger partial charge in [0.2, 0.25) is 0 Å². The minimum Gasteiger partial charge on any atom is -0.455 e. The number of fused-ring (bicyclic) bond motifs is 1. The number of aromatic nitrogens is 2. The van der Waals surface area contributed by atoms with E-state index in [1.54, 1.807) is 18.5 Å². The van der Waals surface area contributed by atoms with Crippen molar-refractivity contribution >= 4 is 0 Å². The summed E-state index contributed by atoms with van der Waals surface area (Å²) in [5.41, 5.74) is 0. The van der Waals surface area contributed by atoms with Crippen molar-refractivity contribution in [2.45, 2.75) is 24.4 Å². The van der Waals surface area contributed by atoms with Crippen molar-refractivity contribution in [2.75, 3.05) is 13.2 Å². The summed E-state index contributed by atoms with van der Waals surface area (Å²) in [6.45, 7) is 0.690. The number of aliphatic hydroxyl groups excluding tert-OH is 1. The third kappa shape index (κ3) is 1.64. The van der Waals surface area contributed by atoms with E-state index < -0.39 is 6.10 Å². The molecular formula is C10H12N2O4. The lowest BCUT2D eigenvalue weighted by Gasteiger charge is -2.15. The predicted octanol–water partition coefficient (Wildman–Crippen LogP) is -0.618. The highest BCUT2D eigenvalue weighted by atomic mass is 16.6. The summed E-state index contributed by atoms with van der Waals surface area (Å²) in [6.07, 6.45) is 1.91. The molecule has 3 heterocycles. The highest BCUT2D eigenvalue weighted by Crippen LogP contribution is 2.28. The Morgan fingerprint density at radius 2 is 1.94 bits per heavy atom. The molecule has 86 valence electrons. The molecule has 6 heteroatoms. The second kappa shape index (κ2) is 3.97. The van der Waals surface area contributed by atoms with Gasteiger partial charge in [-0.15, -0.1) is 0 Å². The number of nitrogens with zero attached hydrogens (tertiary/aromatic N) is 2. The summed E-state index contributed by atoms with van der Waals surface area (Å²) < 4.78 is 16.4. The SMILES string of the molecule is OC1COC2C(Oc3ncccn3)COC12. The number of rotatable bonds is 2. The molecule has 2 fully saturated rings. The summed E-state index contributed by atoms with van der Waals surface area (Å²) in [7, 11) is 0. The molecular weight excluding hydrogens is 212 g/mol. The lowest BCUT2D eigenvalue weighted by atomic mass is 10.1. The van der Waals surface area contributed by atoms with Crippen LogP contribution in [0.2, 0.25) is 0 Å². The standard InChI is InChI=1S/C10H12N2O4/c13-6-4-14-9-7(5-15-8(6)9)16-10-11-2-1-3-12-10/h1-3,6-9,13H,4-5H2. The quantitative estimate of drug-likeness (QED) is 0.722. The molecule has 3 rings (SSSR count). The predicted molar refractivity (Wildman–Crippen MR) is 51.9 cm³/mol. The molecule has 0 aromatic carbocycles. The lowest BCUT2D eigenvalue weighted by Crippen LogP contribution is -2.34. The van der Waals surface area contributed by atoms with E-state index in [1.807, 2.05) is 0 Å². The van der Waals surface area contributed by atoms with Crippen LogP contribution in [0.5, 0.6) is 6.01 Å². The van der Waals surface area contributed by atoms with Crippen molar-refractivity contribution < 1.29 is 19.3 Å². The smallest absolute Gasteiger partial charge is 0.316 e. The van der Waals surface area contributed by atoms with E-state index in [0.717, 1.165) is 0 Å². The summed E-state index contributed by atoms with van der Waals surface area (Å²) in [5, 5.41) is 9.55. The van der Waals surface area contributed by atoms with Gasteiger partial charge in [0.25, 0.3) is 0 Å². The zero-order valence-electron chi connectivity index (χ0n) is 8.52. The van der Waals surface area contributed by atoms with Gasteiger partial charge in [0, 0.05) is 12.4 Å². The van der Waals surface area contributed by atoms with Gasteiger partial charge in [-0.25, -0.2) is 9.97 Å². The maximum atomic E-state index is 9.55. The van der Waals surface area contributed by atoms with Crippen LogP contribution < -0.4 is 4.74 Å². The molecule has 0 aliphatic carbocycles. The Labute approximate surface area is 92.2 Å². The molecule has 0 spiro atoms. The van der Waals surface area contributed by atoms with E-state index in [-0.39, 0.29) is 18.3 Å². The molecule has 2 saturated heterocycles. The van der Waals surface area contributed by atoms with Gasteiger partial charge in [-0.1, -0.05) is 0 Å². The van der Waals surface area contributed by atoms with E-state index >= 15 is 0 Å². The summed E-state index contributed by atoms with van der Waals surface area (Å²) in [6, 6.07) is 2.03. The van der Waals surface area contributed by atoms with Crippen molar-refractivity contribution in [2.24, 2.45) is 0 Å². The molecule has 1 aromatic rings. The van der Waals surface area contributed by atoms with Crippen LogP contribution in [0.15, 0.2) is 18.5 Å². The Hall–Kier alpha value is -1.24. The average Bonchev–Trinajstić information content (AvgIpc) is 2.86. The highest BCUT2D eigenvalue weighted by Gasteiger charge is 2.48. The Balaban J connectivity index is 1.69. The van der Waals surface area contributed by atoms with Gasteiger partial charge in [-0.3, -0.25) is 0 Å². The lowest BCUT2D eigenvalue weighted by molar-refractivity contribution is 0.00680. The average molecular weight is 224 g/mol. The van der Waals surface area contributed by atoms with Gasteiger partial charge in [0.05, 0.1) is 13.2 Å². The summed E-state index contributed by atoms with van der Waals surface area (Å²) >= 11 is 0. The van der Waals surface area contributed by atoms with Crippen LogP contribution in [0.3, 0.4) is 0 Å². The van der Waals surface area contributed by atoms with Crippen LogP contribution in [0, 0.1) is 0 Å². The van der Waals surface area contributed by atoms with Gasteiger partial charge < -0.3 is 19.3 Å². The number of hydrogen-bond acceptors (Lipinski definition) is 6. The molecule has 4 atom stereocenters. The zero-order valence-corrected chi connectivity index (χ0v) is 8.52. The maximum absolute atomic E-state index is 9.55. The van der Waals surface area contributed by atoms with Gasteiger partial charge in [-0.2, -0.15) is 0 Å². The van der Waals surface area contributed by atoms with Crippen molar-refractivity contribution in [3.05, 3.63) is 18.5 Å². The van der Waals surface area contributed by atoms with E-state index in [2.05, 4.69) is 9.97 Å². The topological polar surface area (TPSA) is 73.7 Å². The van der Waals surface area contributed by atoms with Crippen molar-refractivity contribution in [1.82, 2.24) is 9.97 Å². The molecule has 0 amide bonds. The fraction of sp³-hybridized carbons (Fsp3) is 0.600. The Morgan fingerprint density at radius 3 is 2.75 bits per heavy atom. The minimum absolute atomic E-state index is 0.223. The van der Waals surface area contributed by atoms with Crippen LogP contribution in [0.4, 0.5) is 0 Å². The van der Waals surface area contributed by atoms with E-state index in [1.165, 1.54) is 0 Å². The largest absolute Gasteiger partial charge is 0.455 e. The Kier molecular flexibility index (Phi) is 2.47. The third-order valence-electron chi connectivity index (χ3n) is 2.78. The van der Waals surface area contributed by atoms with E-state index in [9.17, 15) is 5.11 Å². The Bertz CT molecular complexity index is 361. The summed E-state index contributed by atoms with van der Waals surface area (Å²) in [5.74, 6) is 0. The first-order valence-electron chi connectivity index (χ1n) is 5.19. The van der Waals surface area contributed by atoms with Crippen LogP contribution in [0.1, 0.15) is 0 Å². The van der Waals surface area contributed by atoms with Crippen molar-refractivity contribution in [3.63, 3.8) is 0 Å². The van der Waals surface area contributed by atoms with Crippen LogP contribution >= 0.6 is 0 Å². The first-order valence-corrected chi connectivity index (χ1v) is 5.19. The third-order valence-corrected chi connectivity index (χ3v) is 2.78. The van der Waals surface area contributed by atoms with Crippen LogP contribution in [-0.2, 0) is 9.47 Å². The molecule has 0 radical (unpaired) electrons. The molecule has 2 aliphatic heterocycles. The monoisotopic (exact) mass is 224 g/mol. The second-order valence-electron chi connectivity index (χ2n) is 3.85. The fourth-order valence-electron chi connectivity index (χ4n) is 2.03. The normalized spacial score (nSPS) is 37.3. The molecule has 6 nitrogen and oxygen atoms in total. The Morgan fingerprint density at radius 1 is 1.19 bits per heavy atom. The first-order chi connectivity index (χ1) is 7.84. The van der Waals surface area contributed by atoms with Crippen molar-refractivity contribution in [1.29, 1.82) is 0 Å². The zero-order chi connectivity index (χ0) is 11.0. The summed E-state index contributed by atoms with van der Waals surface area (Å²) in [4.78, 5) is 7.94. The van der Waals surface area contributed by atoms with Crippen LogP contribution in [-0.4, -0.2) is 52.7 Å². The van der Waals surface area contributed by atoms with Crippen LogP contribution in [0.25, 0.3) is 0 Å². The van der Waals surface area contributed by atoms with Gasteiger partial charge >= 0.3 is 6.01 Å². The molecule has 0 saturated carbocycles. The molecule has 1 N–H and O–H groups in total. The van der Waals surface area contributed by atoms with E-state index in [4.69, 9.17) is 14.2 Å². The maximum Gasteiger partial charge on any atom is 0.316 e. The van der Waals surface area contributed by atoms with Gasteiger partial charge in [0.15, 0.2) is 6.10 Å². The number of hydrogen-bond donors (Lipinski definition) is 1. The fourth-order valence-corrected chi connectivity index (χ4v) is 2.03. The molecule has 4 unspecified atom stereocenters. The molecule has 1 aromatic heterocycles. The van der Waals surface area contributed by atoms with Gasteiger partial charge in [0.1, 0.15) is 18.3 Å². The van der Waals surface area contributed by atoms with Gasteiger partial charge in [-0.05, 0) is 6.07 Å². The molecule has 2 aliphatic rings. The molecule has 0 bridgehead atoms.